The number of hydrogen-bond acceptors (Lipinski definition) is 3. The van der Waals surface area contributed by atoms with E-state index in [1.807, 2.05) is 0 Å². The summed E-state index contributed by atoms with van der Waals surface area (Å²) in [5.74, 6) is 0.141. The van der Waals surface area contributed by atoms with Crippen LogP contribution in [0.1, 0.15) is 47.0 Å². The third kappa shape index (κ3) is 4.28. The van der Waals surface area contributed by atoms with Gasteiger partial charge >= 0.3 is 0 Å². The highest BCUT2D eigenvalue weighted by atomic mass is 16.5. The number of primary amides is 1. The first-order valence-corrected chi connectivity index (χ1v) is 6.33. The van der Waals surface area contributed by atoms with Crippen LogP contribution in [0, 0.1) is 11.3 Å². The molecule has 0 saturated heterocycles. The van der Waals surface area contributed by atoms with Crippen molar-refractivity contribution in [3.8, 4) is 0 Å². The summed E-state index contributed by atoms with van der Waals surface area (Å²) in [7, 11) is 0. The van der Waals surface area contributed by atoms with Gasteiger partial charge in [0.2, 0.25) is 5.91 Å². The maximum Gasteiger partial charge on any atom is 0.239 e. The van der Waals surface area contributed by atoms with Crippen LogP contribution in [-0.4, -0.2) is 24.2 Å². The van der Waals surface area contributed by atoms with E-state index in [0.29, 0.717) is 11.3 Å². The molecule has 0 bridgehead atoms. The quantitative estimate of drug-likeness (QED) is 0.782. The Morgan fingerprint density at radius 3 is 2.53 bits per heavy atom. The van der Waals surface area contributed by atoms with Gasteiger partial charge in [-0.1, -0.05) is 20.8 Å². The van der Waals surface area contributed by atoms with Gasteiger partial charge in [0.15, 0.2) is 0 Å². The molecule has 0 aromatic heterocycles. The van der Waals surface area contributed by atoms with Crippen molar-refractivity contribution in [2.24, 2.45) is 22.8 Å². The highest BCUT2D eigenvalue weighted by molar-refractivity contribution is 5.83. The number of ether oxygens (including phenoxy) is 1. The third-order valence-electron chi connectivity index (χ3n) is 3.53. The van der Waals surface area contributed by atoms with Gasteiger partial charge in [0.25, 0.3) is 0 Å². The Morgan fingerprint density at radius 2 is 2.06 bits per heavy atom. The molecule has 0 aliphatic heterocycles. The van der Waals surface area contributed by atoms with Crippen molar-refractivity contribution in [1.29, 1.82) is 0 Å². The van der Waals surface area contributed by atoms with Crippen LogP contribution >= 0.6 is 0 Å². The largest absolute Gasteiger partial charge is 0.376 e. The smallest absolute Gasteiger partial charge is 0.239 e. The number of carbonyl (C=O) groups is 1. The summed E-state index contributed by atoms with van der Waals surface area (Å²) in [6.07, 6.45) is 3.48. The van der Waals surface area contributed by atoms with Crippen LogP contribution in [-0.2, 0) is 9.53 Å². The second-order valence-electron chi connectivity index (χ2n) is 6.63. The Kier molecular flexibility index (Phi) is 4.20. The van der Waals surface area contributed by atoms with Crippen molar-refractivity contribution >= 4 is 5.91 Å². The molecule has 0 heterocycles. The lowest BCUT2D eigenvalue weighted by molar-refractivity contribution is -0.126. The molecule has 0 aromatic carbocycles. The van der Waals surface area contributed by atoms with E-state index in [1.54, 1.807) is 6.92 Å². The normalized spacial score (nSPS) is 31.8. The number of hydrogen-bond donors (Lipinski definition) is 2. The van der Waals surface area contributed by atoms with E-state index < -0.39 is 11.4 Å². The minimum atomic E-state index is -1.06. The molecule has 1 fully saturated rings. The van der Waals surface area contributed by atoms with Crippen molar-refractivity contribution in [1.82, 2.24) is 0 Å². The zero-order valence-corrected chi connectivity index (χ0v) is 11.5. The molecule has 4 nitrogen and oxygen atoms in total. The fraction of sp³-hybridized carbons (Fsp3) is 0.923. The van der Waals surface area contributed by atoms with Crippen molar-refractivity contribution in [2.75, 3.05) is 6.61 Å². The van der Waals surface area contributed by atoms with E-state index in [1.165, 1.54) is 6.42 Å². The van der Waals surface area contributed by atoms with Crippen LogP contribution in [0.25, 0.3) is 0 Å². The SMILES string of the molecule is CC1CC(OCC(C)(N)C(N)=O)CC(C)(C)C1. The first kappa shape index (κ1) is 14.5. The first-order chi connectivity index (χ1) is 7.62. The molecule has 0 radical (unpaired) electrons. The fourth-order valence-electron chi connectivity index (χ4n) is 2.75. The Balaban J connectivity index is 2.50. The van der Waals surface area contributed by atoms with Gasteiger partial charge < -0.3 is 16.2 Å². The Morgan fingerprint density at radius 1 is 1.47 bits per heavy atom. The molecule has 4 N–H and O–H groups in total. The minimum absolute atomic E-state index is 0.191. The van der Waals surface area contributed by atoms with Gasteiger partial charge in [-0.25, -0.2) is 0 Å². The zero-order chi connectivity index (χ0) is 13.3. The molecule has 1 aliphatic carbocycles. The summed E-state index contributed by atoms with van der Waals surface area (Å²) < 4.78 is 5.79. The molecule has 1 rings (SSSR count). The molecule has 3 unspecified atom stereocenters. The number of carbonyl (C=O) groups excluding carboxylic acids is 1. The van der Waals surface area contributed by atoms with Crippen LogP contribution in [0.15, 0.2) is 0 Å². The van der Waals surface area contributed by atoms with Crippen molar-refractivity contribution < 1.29 is 9.53 Å². The molecule has 1 saturated carbocycles. The summed E-state index contributed by atoms with van der Waals surface area (Å²) >= 11 is 0. The average Bonchev–Trinajstić information content (AvgIpc) is 2.11. The average molecular weight is 242 g/mol. The van der Waals surface area contributed by atoms with Crippen LogP contribution in [0.5, 0.6) is 0 Å². The van der Waals surface area contributed by atoms with Gasteiger partial charge in [-0.3, -0.25) is 4.79 Å². The summed E-state index contributed by atoms with van der Waals surface area (Å²) in [4.78, 5) is 11.1. The van der Waals surface area contributed by atoms with Crippen molar-refractivity contribution in [3.05, 3.63) is 0 Å². The molecule has 3 atom stereocenters. The van der Waals surface area contributed by atoms with Crippen LogP contribution in [0.3, 0.4) is 0 Å². The molecule has 0 spiro atoms. The lowest BCUT2D eigenvalue weighted by Crippen LogP contribution is -2.53. The van der Waals surface area contributed by atoms with Crippen LogP contribution < -0.4 is 11.5 Å². The number of nitrogens with two attached hydrogens (primary N) is 2. The maximum absolute atomic E-state index is 11.1. The lowest BCUT2D eigenvalue weighted by Gasteiger charge is -2.39. The zero-order valence-electron chi connectivity index (χ0n) is 11.5. The molecule has 1 aliphatic rings. The van der Waals surface area contributed by atoms with Gasteiger partial charge in [0, 0.05) is 0 Å². The third-order valence-corrected chi connectivity index (χ3v) is 3.53. The monoisotopic (exact) mass is 242 g/mol. The molecule has 100 valence electrons. The van der Waals surface area contributed by atoms with Crippen LogP contribution in [0.4, 0.5) is 0 Å². The molecular weight excluding hydrogens is 216 g/mol. The van der Waals surface area contributed by atoms with Crippen molar-refractivity contribution in [2.45, 2.75) is 58.6 Å². The summed E-state index contributed by atoms with van der Waals surface area (Å²) in [6, 6.07) is 0. The molecule has 17 heavy (non-hydrogen) atoms. The predicted molar refractivity (Wildman–Crippen MR) is 68.3 cm³/mol. The summed E-state index contributed by atoms with van der Waals surface area (Å²) in [6.45, 7) is 8.58. The number of amides is 1. The van der Waals surface area contributed by atoms with E-state index in [9.17, 15) is 4.79 Å². The highest BCUT2D eigenvalue weighted by Crippen LogP contribution is 2.39. The lowest BCUT2D eigenvalue weighted by atomic mass is 9.71. The van der Waals surface area contributed by atoms with E-state index in [2.05, 4.69) is 20.8 Å². The standard InChI is InChI=1S/C13H26N2O2/c1-9-5-10(7-12(2,3)6-9)17-8-13(4,15)11(14)16/h9-10H,5-8,15H2,1-4H3,(H2,14,16). The fourth-order valence-corrected chi connectivity index (χ4v) is 2.75. The van der Waals surface area contributed by atoms with Crippen molar-refractivity contribution in [3.63, 3.8) is 0 Å². The second kappa shape index (κ2) is 4.94. The molecule has 1 amide bonds. The van der Waals surface area contributed by atoms with E-state index in [-0.39, 0.29) is 12.7 Å². The van der Waals surface area contributed by atoms with Gasteiger partial charge in [0.05, 0.1) is 12.7 Å². The molecule has 0 aromatic rings. The van der Waals surface area contributed by atoms with Gasteiger partial charge in [-0.15, -0.1) is 0 Å². The predicted octanol–water partition coefficient (Wildman–Crippen LogP) is 1.42. The van der Waals surface area contributed by atoms with Crippen LogP contribution in [0.2, 0.25) is 0 Å². The first-order valence-electron chi connectivity index (χ1n) is 6.33. The topological polar surface area (TPSA) is 78.3 Å². The summed E-state index contributed by atoms with van der Waals surface area (Å²) in [5, 5.41) is 0. The minimum Gasteiger partial charge on any atom is -0.376 e. The molecule has 4 heteroatoms. The van der Waals surface area contributed by atoms with E-state index in [4.69, 9.17) is 16.2 Å². The van der Waals surface area contributed by atoms with Gasteiger partial charge in [0.1, 0.15) is 5.54 Å². The van der Waals surface area contributed by atoms with E-state index >= 15 is 0 Å². The van der Waals surface area contributed by atoms with Gasteiger partial charge in [-0.05, 0) is 37.5 Å². The summed E-state index contributed by atoms with van der Waals surface area (Å²) in [5.41, 5.74) is 10.2. The van der Waals surface area contributed by atoms with Gasteiger partial charge in [-0.2, -0.15) is 0 Å². The van der Waals surface area contributed by atoms with E-state index in [0.717, 1.165) is 12.8 Å². The Hall–Kier alpha value is -0.610. The highest BCUT2D eigenvalue weighted by Gasteiger charge is 2.34. The number of rotatable bonds is 4. The Labute approximate surface area is 104 Å². The Bertz CT molecular complexity index is 287. The maximum atomic E-state index is 11.1. The second-order valence-corrected chi connectivity index (χ2v) is 6.63. The molecular formula is C13H26N2O2.